The number of aryl methyl sites for hydroxylation is 2. The van der Waals surface area contributed by atoms with Gasteiger partial charge in [-0.2, -0.15) is 0 Å². The van der Waals surface area contributed by atoms with Crippen LogP contribution in [0.15, 0.2) is 41.9 Å². The highest BCUT2D eigenvalue weighted by Gasteiger charge is 2.23. The predicted octanol–water partition coefficient (Wildman–Crippen LogP) is 2.82. The Morgan fingerprint density at radius 2 is 1.93 bits per heavy atom. The van der Waals surface area contributed by atoms with Crippen LogP contribution in [0.2, 0.25) is 0 Å². The van der Waals surface area contributed by atoms with E-state index in [9.17, 15) is 0 Å². The number of nitrogens with one attached hydrogen (secondary N) is 2. The third-order valence-electron chi connectivity index (χ3n) is 4.83. The van der Waals surface area contributed by atoms with Gasteiger partial charge in [0.15, 0.2) is 5.96 Å². The Morgan fingerprint density at radius 3 is 2.64 bits per heavy atom. The standard InChI is InChI=1S/C20H31N7.HI/c1-3-21-20(22-11-4-5-12-26-15-23-24-16-26)25-18-10-13-27(14-18)19-8-6-17(2)7-9-19;/h6-9,15-16,18H,3-5,10-14H2,1-2H3,(H2,21,22,25);1H. The average Bonchev–Trinajstić information content (AvgIpc) is 3.34. The van der Waals surface area contributed by atoms with E-state index in [0.717, 1.165) is 57.9 Å². The van der Waals surface area contributed by atoms with Crippen molar-refractivity contribution in [3.8, 4) is 0 Å². The lowest BCUT2D eigenvalue weighted by Gasteiger charge is -2.20. The van der Waals surface area contributed by atoms with Crippen LogP contribution >= 0.6 is 24.0 Å². The second-order valence-corrected chi connectivity index (χ2v) is 7.08. The molecule has 1 unspecified atom stereocenters. The molecule has 0 aliphatic carbocycles. The molecule has 28 heavy (non-hydrogen) atoms. The summed E-state index contributed by atoms with van der Waals surface area (Å²) in [6, 6.07) is 9.23. The summed E-state index contributed by atoms with van der Waals surface area (Å²) >= 11 is 0. The normalized spacial score (nSPS) is 16.7. The van der Waals surface area contributed by atoms with Crippen LogP contribution in [0.3, 0.4) is 0 Å². The van der Waals surface area contributed by atoms with Gasteiger partial charge in [0.05, 0.1) is 0 Å². The van der Waals surface area contributed by atoms with Gasteiger partial charge in [0.25, 0.3) is 0 Å². The van der Waals surface area contributed by atoms with Crippen molar-refractivity contribution in [2.45, 2.75) is 45.7 Å². The summed E-state index contributed by atoms with van der Waals surface area (Å²) in [5, 5.41) is 14.6. The molecular formula is C20H32IN7. The number of rotatable bonds is 8. The van der Waals surface area contributed by atoms with Gasteiger partial charge in [-0.3, -0.25) is 4.99 Å². The van der Waals surface area contributed by atoms with Crippen molar-refractivity contribution < 1.29 is 0 Å². The average molecular weight is 497 g/mol. The van der Waals surface area contributed by atoms with E-state index in [4.69, 9.17) is 4.99 Å². The van der Waals surface area contributed by atoms with Crippen molar-refractivity contribution in [2.75, 3.05) is 31.1 Å². The van der Waals surface area contributed by atoms with E-state index >= 15 is 0 Å². The third-order valence-corrected chi connectivity index (χ3v) is 4.83. The molecule has 1 aliphatic rings. The molecule has 1 fully saturated rings. The Hall–Kier alpha value is -1.84. The van der Waals surface area contributed by atoms with Crippen LogP contribution in [0.25, 0.3) is 0 Å². The molecule has 2 heterocycles. The molecule has 0 amide bonds. The Bertz CT molecular complexity index is 700. The minimum Gasteiger partial charge on any atom is -0.369 e. The van der Waals surface area contributed by atoms with Crippen LogP contribution in [0.5, 0.6) is 0 Å². The summed E-state index contributed by atoms with van der Waals surface area (Å²) in [5.74, 6) is 0.928. The summed E-state index contributed by atoms with van der Waals surface area (Å²) in [6.45, 7) is 8.98. The smallest absolute Gasteiger partial charge is 0.191 e. The molecule has 8 heteroatoms. The predicted molar refractivity (Wildman–Crippen MR) is 126 cm³/mol. The van der Waals surface area contributed by atoms with Crippen LogP contribution in [0.4, 0.5) is 5.69 Å². The van der Waals surface area contributed by atoms with Gasteiger partial charge in [0.1, 0.15) is 12.7 Å². The van der Waals surface area contributed by atoms with Gasteiger partial charge in [-0.15, -0.1) is 34.2 Å². The molecule has 154 valence electrons. The molecule has 0 spiro atoms. The zero-order valence-electron chi connectivity index (χ0n) is 16.8. The zero-order chi connectivity index (χ0) is 18.9. The Balaban J connectivity index is 0.00000280. The van der Waals surface area contributed by atoms with Crippen LogP contribution in [-0.2, 0) is 6.54 Å². The first-order valence-corrected chi connectivity index (χ1v) is 9.93. The molecule has 1 aromatic heterocycles. The summed E-state index contributed by atoms with van der Waals surface area (Å²) < 4.78 is 2.01. The Kier molecular flexibility index (Phi) is 9.52. The Labute approximate surface area is 185 Å². The number of aromatic nitrogens is 3. The molecule has 1 saturated heterocycles. The number of anilines is 1. The maximum absolute atomic E-state index is 4.74. The molecule has 1 aromatic carbocycles. The topological polar surface area (TPSA) is 70.4 Å². The molecule has 1 atom stereocenters. The fourth-order valence-corrected chi connectivity index (χ4v) is 3.32. The molecule has 1 aliphatic heterocycles. The molecule has 2 N–H and O–H groups in total. The highest BCUT2D eigenvalue weighted by atomic mass is 127. The SMILES string of the molecule is CCNC(=NCCCCn1cnnc1)NC1CCN(c2ccc(C)cc2)C1.I. The lowest BCUT2D eigenvalue weighted by molar-refractivity contribution is 0.607. The van der Waals surface area contributed by atoms with Gasteiger partial charge in [0, 0.05) is 44.5 Å². The monoisotopic (exact) mass is 497 g/mol. The number of benzene rings is 1. The first kappa shape index (κ1) is 22.4. The molecule has 2 aromatic rings. The Morgan fingerprint density at radius 1 is 1.18 bits per heavy atom. The maximum Gasteiger partial charge on any atom is 0.191 e. The maximum atomic E-state index is 4.74. The number of halogens is 1. The van der Waals surface area contributed by atoms with Gasteiger partial charge in [-0.1, -0.05) is 17.7 Å². The van der Waals surface area contributed by atoms with Crippen LogP contribution in [-0.4, -0.2) is 52.9 Å². The number of hydrogen-bond acceptors (Lipinski definition) is 4. The molecule has 0 bridgehead atoms. The third kappa shape index (κ3) is 6.96. The fourth-order valence-electron chi connectivity index (χ4n) is 3.32. The zero-order valence-corrected chi connectivity index (χ0v) is 19.2. The quantitative estimate of drug-likeness (QED) is 0.254. The van der Waals surface area contributed by atoms with E-state index in [-0.39, 0.29) is 24.0 Å². The summed E-state index contributed by atoms with van der Waals surface area (Å²) in [7, 11) is 0. The first-order valence-electron chi connectivity index (χ1n) is 9.93. The van der Waals surface area contributed by atoms with E-state index in [1.807, 2.05) is 4.57 Å². The lowest BCUT2D eigenvalue weighted by Crippen LogP contribution is -2.44. The van der Waals surface area contributed by atoms with Crippen molar-refractivity contribution in [3.63, 3.8) is 0 Å². The minimum atomic E-state index is 0. The highest BCUT2D eigenvalue weighted by Crippen LogP contribution is 2.20. The number of aliphatic imine (C=N–C) groups is 1. The number of hydrogen-bond donors (Lipinski definition) is 2. The summed E-state index contributed by atoms with van der Waals surface area (Å²) in [6.07, 6.45) is 6.77. The highest BCUT2D eigenvalue weighted by molar-refractivity contribution is 14.0. The van der Waals surface area contributed by atoms with Crippen molar-refractivity contribution in [1.82, 2.24) is 25.4 Å². The van der Waals surface area contributed by atoms with Crippen molar-refractivity contribution >= 4 is 35.6 Å². The van der Waals surface area contributed by atoms with E-state index in [1.54, 1.807) is 12.7 Å². The van der Waals surface area contributed by atoms with Crippen molar-refractivity contribution in [1.29, 1.82) is 0 Å². The van der Waals surface area contributed by atoms with Crippen LogP contribution < -0.4 is 15.5 Å². The van der Waals surface area contributed by atoms with Gasteiger partial charge in [-0.25, -0.2) is 0 Å². The number of nitrogens with zero attached hydrogens (tertiary/aromatic N) is 5. The minimum absolute atomic E-state index is 0. The van der Waals surface area contributed by atoms with E-state index < -0.39 is 0 Å². The molecular weight excluding hydrogens is 465 g/mol. The second kappa shape index (κ2) is 11.9. The second-order valence-electron chi connectivity index (χ2n) is 7.08. The van der Waals surface area contributed by atoms with Crippen molar-refractivity contribution in [2.24, 2.45) is 4.99 Å². The van der Waals surface area contributed by atoms with Gasteiger partial charge < -0.3 is 20.1 Å². The van der Waals surface area contributed by atoms with E-state index in [0.29, 0.717) is 6.04 Å². The van der Waals surface area contributed by atoms with Crippen LogP contribution in [0, 0.1) is 6.92 Å². The largest absolute Gasteiger partial charge is 0.369 e. The van der Waals surface area contributed by atoms with Gasteiger partial charge in [0.2, 0.25) is 0 Å². The molecule has 0 radical (unpaired) electrons. The van der Waals surface area contributed by atoms with Crippen LogP contribution in [0.1, 0.15) is 31.7 Å². The number of guanidine groups is 1. The molecule has 7 nitrogen and oxygen atoms in total. The van der Waals surface area contributed by atoms with Crippen molar-refractivity contribution in [3.05, 3.63) is 42.5 Å². The summed E-state index contributed by atoms with van der Waals surface area (Å²) in [5.41, 5.74) is 2.61. The van der Waals surface area contributed by atoms with E-state index in [1.165, 1.54) is 11.3 Å². The summed E-state index contributed by atoms with van der Waals surface area (Å²) in [4.78, 5) is 7.18. The molecule has 3 rings (SSSR count). The number of unbranched alkanes of at least 4 members (excludes halogenated alkanes) is 1. The van der Waals surface area contributed by atoms with E-state index in [2.05, 4.69) is 63.8 Å². The van der Waals surface area contributed by atoms with Gasteiger partial charge in [-0.05, 0) is 45.2 Å². The first-order chi connectivity index (χ1) is 13.2. The fraction of sp³-hybridized carbons (Fsp3) is 0.550. The lowest BCUT2D eigenvalue weighted by atomic mass is 10.2. The molecule has 0 saturated carbocycles. The van der Waals surface area contributed by atoms with Gasteiger partial charge >= 0.3 is 0 Å².